The van der Waals surface area contributed by atoms with Crippen LogP contribution in [0, 0.1) is 6.92 Å². The Labute approximate surface area is 133 Å². The molecule has 0 unspecified atom stereocenters. The molecule has 3 nitrogen and oxygen atoms in total. The lowest BCUT2D eigenvalue weighted by Crippen LogP contribution is -2.35. The topological polar surface area (TPSA) is 32.3 Å². The fraction of sp³-hybridized carbons (Fsp3) is 0.316. The van der Waals surface area contributed by atoms with Crippen LogP contribution in [0.15, 0.2) is 54.6 Å². The normalized spacial score (nSPS) is 12.2. The summed E-state index contributed by atoms with van der Waals surface area (Å²) in [6.07, 6.45) is 0.426. The average Bonchev–Trinajstić information content (AvgIpc) is 2.50. The third kappa shape index (κ3) is 4.71. The molecule has 0 radical (unpaired) electrons. The maximum Gasteiger partial charge on any atom is 0.224 e. The van der Waals surface area contributed by atoms with Gasteiger partial charge in [0.05, 0.1) is 12.5 Å². The zero-order valence-corrected chi connectivity index (χ0v) is 13.5. The second-order valence-electron chi connectivity index (χ2n) is 5.86. The molecule has 2 aromatic carbocycles. The van der Waals surface area contributed by atoms with Crippen LogP contribution < -0.4 is 5.32 Å². The Hall–Kier alpha value is -2.13. The lowest BCUT2D eigenvalue weighted by Gasteiger charge is -2.25. The number of aryl methyl sites for hydroxylation is 1. The van der Waals surface area contributed by atoms with Crippen LogP contribution in [0.2, 0.25) is 0 Å². The highest BCUT2D eigenvalue weighted by molar-refractivity contribution is 5.78. The summed E-state index contributed by atoms with van der Waals surface area (Å²) < 4.78 is 0. The molecule has 0 aliphatic rings. The minimum Gasteiger partial charge on any atom is -0.354 e. The summed E-state index contributed by atoms with van der Waals surface area (Å²) in [6.45, 7) is 2.66. The van der Waals surface area contributed by atoms with Gasteiger partial charge in [0, 0.05) is 6.54 Å². The zero-order valence-electron chi connectivity index (χ0n) is 13.5. The first-order valence-corrected chi connectivity index (χ1v) is 7.60. The van der Waals surface area contributed by atoms with Crippen molar-refractivity contribution in [1.29, 1.82) is 0 Å². The highest BCUT2D eigenvalue weighted by atomic mass is 16.1. The van der Waals surface area contributed by atoms with E-state index < -0.39 is 0 Å². The van der Waals surface area contributed by atoms with E-state index in [1.54, 1.807) is 0 Å². The number of hydrogen-bond acceptors (Lipinski definition) is 2. The molecule has 3 heteroatoms. The molecule has 0 fully saturated rings. The molecule has 1 amide bonds. The maximum absolute atomic E-state index is 12.1. The van der Waals surface area contributed by atoms with Crippen LogP contribution in [-0.4, -0.2) is 31.4 Å². The van der Waals surface area contributed by atoms with E-state index in [4.69, 9.17) is 0 Å². The molecular weight excluding hydrogens is 272 g/mol. The highest BCUT2D eigenvalue weighted by Gasteiger charge is 2.14. The largest absolute Gasteiger partial charge is 0.354 e. The van der Waals surface area contributed by atoms with Gasteiger partial charge in [-0.25, -0.2) is 0 Å². The molecule has 2 rings (SSSR count). The third-order valence-corrected chi connectivity index (χ3v) is 3.79. The van der Waals surface area contributed by atoms with Gasteiger partial charge in [-0.15, -0.1) is 0 Å². The Morgan fingerprint density at radius 2 is 1.68 bits per heavy atom. The van der Waals surface area contributed by atoms with Crippen LogP contribution in [0.1, 0.15) is 22.7 Å². The molecule has 0 aliphatic carbocycles. The van der Waals surface area contributed by atoms with Crippen molar-refractivity contribution in [3.05, 3.63) is 71.3 Å². The van der Waals surface area contributed by atoms with Gasteiger partial charge in [-0.05, 0) is 32.1 Å². The summed E-state index contributed by atoms with van der Waals surface area (Å²) in [5, 5.41) is 3.05. The smallest absolute Gasteiger partial charge is 0.224 e. The van der Waals surface area contributed by atoms with Crippen molar-refractivity contribution < 1.29 is 4.79 Å². The Morgan fingerprint density at radius 3 is 2.27 bits per heavy atom. The fourth-order valence-corrected chi connectivity index (χ4v) is 2.44. The number of carbonyl (C=O) groups is 1. The number of likely N-dealkylation sites (N-methyl/N-ethyl adjacent to an activating group) is 1. The van der Waals surface area contributed by atoms with Crippen molar-refractivity contribution >= 4 is 5.91 Å². The molecule has 1 N–H and O–H groups in total. The predicted octanol–water partition coefficient (Wildman–Crippen LogP) is 2.96. The minimum atomic E-state index is 0.0617. The summed E-state index contributed by atoms with van der Waals surface area (Å²) in [6, 6.07) is 18.5. The molecule has 0 spiro atoms. The summed E-state index contributed by atoms with van der Waals surface area (Å²) in [4.78, 5) is 14.3. The monoisotopic (exact) mass is 296 g/mol. The first-order valence-electron chi connectivity index (χ1n) is 7.60. The van der Waals surface area contributed by atoms with Gasteiger partial charge in [0.2, 0.25) is 5.91 Å². The van der Waals surface area contributed by atoms with E-state index in [0.717, 1.165) is 5.56 Å². The van der Waals surface area contributed by atoms with E-state index in [1.807, 2.05) is 63.5 Å². The first-order chi connectivity index (χ1) is 10.6. The molecule has 2 aromatic rings. The second kappa shape index (κ2) is 7.76. The number of amides is 1. The lowest BCUT2D eigenvalue weighted by molar-refractivity contribution is -0.120. The van der Waals surface area contributed by atoms with Crippen LogP contribution in [0.5, 0.6) is 0 Å². The van der Waals surface area contributed by atoms with E-state index >= 15 is 0 Å². The van der Waals surface area contributed by atoms with Crippen molar-refractivity contribution in [2.45, 2.75) is 19.4 Å². The van der Waals surface area contributed by atoms with E-state index in [-0.39, 0.29) is 11.9 Å². The van der Waals surface area contributed by atoms with Gasteiger partial charge < -0.3 is 10.2 Å². The van der Waals surface area contributed by atoms with Crippen LogP contribution in [0.3, 0.4) is 0 Å². The Bertz CT molecular complexity index is 591. The third-order valence-electron chi connectivity index (χ3n) is 3.79. The van der Waals surface area contributed by atoms with E-state index in [9.17, 15) is 4.79 Å². The summed E-state index contributed by atoms with van der Waals surface area (Å²) in [5.41, 5.74) is 3.47. The van der Waals surface area contributed by atoms with Gasteiger partial charge in [-0.2, -0.15) is 0 Å². The average molecular weight is 296 g/mol. The lowest BCUT2D eigenvalue weighted by atomic mass is 10.1. The minimum absolute atomic E-state index is 0.0617. The Balaban J connectivity index is 1.92. The molecule has 0 saturated heterocycles. The van der Waals surface area contributed by atoms with Crippen LogP contribution in [0.4, 0.5) is 0 Å². The molecular formula is C19H24N2O. The molecule has 0 saturated carbocycles. The summed E-state index contributed by atoms with van der Waals surface area (Å²) in [5.74, 6) is 0.0617. The van der Waals surface area contributed by atoms with Crippen molar-refractivity contribution in [3.8, 4) is 0 Å². The Kier molecular flexibility index (Phi) is 5.73. The van der Waals surface area contributed by atoms with E-state index in [2.05, 4.69) is 22.3 Å². The van der Waals surface area contributed by atoms with Crippen LogP contribution in [-0.2, 0) is 11.2 Å². The van der Waals surface area contributed by atoms with Crippen molar-refractivity contribution in [1.82, 2.24) is 10.2 Å². The molecule has 0 aliphatic heterocycles. The molecule has 22 heavy (non-hydrogen) atoms. The van der Waals surface area contributed by atoms with Gasteiger partial charge >= 0.3 is 0 Å². The number of nitrogens with one attached hydrogen (secondary N) is 1. The molecule has 116 valence electrons. The van der Waals surface area contributed by atoms with E-state index in [0.29, 0.717) is 13.0 Å². The number of nitrogens with zero attached hydrogens (tertiary/aromatic N) is 1. The van der Waals surface area contributed by atoms with Crippen molar-refractivity contribution in [2.75, 3.05) is 20.6 Å². The summed E-state index contributed by atoms with van der Waals surface area (Å²) in [7, 11) is 4.06. The summed E-state index contributed by atoms with van der Waals surface area (Å²) >= 11 is 0. The van der Waals surface area contributed by atoms with Crippen molar-refractivity contribution in [3.63, 3.8) is 0 Å². The quantitative estimate of drug-likeness (QED) is 0.889. The predicted molar refractivity (Wildman–Crippen MR) is 90.8 cm³/mol. The number of benzene rings is 2. The molecule has 1 atom stereocenters. The van der Waals surface area contributed by atoms with Gasteiger partial charge in [0.1, 0.15) is 0 Å². The molecule has 0 aromatic heterocycles. The zero-order chi connectivity index (χ0) is 15.9. The van der Waals surface area contributed by atoms with Gasteiger partial charge in [0.25, 0.3) is 0 Å². The van der Waals surface area contributed by atoms with E-state index in [1.165, 1.54) is 11.1 Å². The fourth-order valence-electron chi connectivity index (χ4n) is 2.44. The number of carbonyl (C=O) groups excluding carboxylic acids is 1. The maximum atomic E-state index is 12.1. The number of hydrogen-bond donors (Lipinski definition) is 1. The number of rotatable bonds is 6. The van der Waals surface area contributed by atoms with Gasteiger partial charge in [0.15, 0.2) is 0 Å². The second-order valence-corrected chi connectivity index (χ2v) is 5.86. The highest BCUT2D eigenvalue weighted by Crippen LogP contribution is 2.16. The first kappa shape index (κ1) is 16.2. The SMILES string of the molecule is Cc1ccc(CC(=O)NC[C@H](c2ccccc2)N(C)C)cc1. The van der Waals surface area contributed by atoms with Gasteiger partial charge in [-0.3, -0.25) is 4.79 Å². The van der Waals surface area contributed by atoms with Crippen LogP contribution >= 0.6 is 0 Å². The Morgan fingerprint density at radius 1 is 1.05 bits per heavy atom. The molecule has 0 heterocycles. The van der Waals surface area contributed by atoms with Gasteiger partial charge in [-0.1, -0.05) is 60.2 Å². The van der Waals surface area contributed by atoms with Crippen LogP contribution in [0.25, 0.3) is 0 Å². The standard InChI is InChI=1S/C19H24N2O/c1-15-9-11-16(12-10-15)13-19(22)20-14-18(21(2)3)17-7-5-4-6-8-17/h4-12,18H,13-14H2,1-3H3,(H,20,22)/t18-/m1/s1. The molecule has 0 bridgehead atoms. The van der Waals surface area contributed by atoms with Crippen molar-refractivity contribution in [2.24, 2.45) is 0 Å².